The second kappa shape index (κ2) is 3.97. The molecule has 0 aliphatic rings. The van der Waals surface area contributed by atoms with Gasteiger partial charge in [0.2, 0.25) is 5.75 Å². The number of nitro groups is 1. The lowest BCUT2D eigenvalue weighted by molar-refractivity contribution is -0.385. The molecule has 2 rings (SSSR count). The van der Waals surface area contributed by atoms with E-state index < -0.39 is 4.92 Å². The highest BCUT2D eigenvalue weighted by molar-refractivity contribution is 5.70. The topological polar surface area (TPSA) is 93.9 Å². The summed E-state index contributed by atoms with van der Waals surface area (Å²) in [6, 6.07) is 4.61. The van der Waals surface area contributed by atoms with Crippen LogP contribution >= 0.6 is 0 Å². The largest absolute Gasteiger partial charge is 0.490 e. The maximum Gasteiger partial charge on any atom is 0.311 e. The van der Waals surface area contributed by atoms with Crippen LogP contribution in [0.2, 0.25) is 0 Å². The molecule has 1 heterocycles. The second-order valence-corrected chi connectivity index (χ2v) is 2.95. The van der Waals surface area contributed by atoms with E-state index in [1.807, 2.05) is 0 Å². The van der Waals surface area contributed by atoms with Crippen molar-refractivity contribution in [2.75, 3.05) is 7.11 Å². The van der Waals surface area contributed by atoms with Crippen molar-refractivity contribution in [3.63, 3.8) is 0 Å². The summed E-state index contributed by atoms with van der Waals surface area (Å²) in [6.07, 6.45) is 1.33. The quantitative estimate of drug-likeness (QED) is 0.623. The summed E-state index contributed by atoms with van der Waals surface area (Å²) in [5.74, 6) is 0.602. The van der Waals surface area contributed by atoms with Crippen molar-refractivity contribution < 1.29 is 9.66 Å². The van der Waals surface area contributed by atoms with Gasteiger partial charge in [0, 0.05) is 6.07 Å². The number of aromatic amines is 1. The van der Waals surface area contributed by atoms with E-state index in [4.69, 9.17) is 4.74 Å². The predicted octanol–water partition coefficient (Wildman–Crippen LogP) is 1.39. The summed E-state index contributed by atoms with van der Waals surface area (Å²) >= 11 is 0. The van der Waals surface area contributed by atoms with E-state index in [-0.39, 0.29) is 11.4 Å². The van der Waals surface area contributed by atoms with Crippen LogP contribution in [0.4, 0.5) is 5.69 Å². The highest BCUT2D eigenvalue weighted by Gasteiger charge is 2.20. The van der Waals surface area contributed by atoms with Gasteiger partial charge in [-0.1, -0.05) is 6.07 Å². The third-order valence-corrected chi connectivity index (χ3v) is 2.07. The molecule has 2 aromatic rings. The van der Waals surface area contributed by atoms with Gasteiger partial charge in [-0.2, -0.15) is 5.10 Å². The first-order chi connectivity index (χ1) is 7.74. The number of nitrogens with one attached hydrogen (secondary N) is 1. The normalized spacial score (nSPS) is 10.1. The van der Waals surface area contributed by atoms with Crippen LogP contribution in [0.5, 0.6) is 5.75 Å². The van der Waals surface area contributed by atoms with Gasteiger partial charge >= 0.3 is 5.69 Å². The van der Waals surface area contributed by atoms with Gasteiger partial charge in [-0.15, -0.1) is 0 Å². The second-order valence-electron chi connectivity index (χ2n) is 2.95. The summed E-state index contributed by atoms with van der Waals surface area (Å²) in [5.41, 5.74) is 0.408. The molecule has 0 fully saturated rings. The SMILES string of the molecule is COc1c(-c2ncn[nH]2)cccc1[N+](=O)[O-]. The average Bonchev–Trinajstić information content (AvgIpc) is 2.81. The number of hydrogen-bond acceptors (Lipinski definition) is 5. The van der Waals surface area contributed by atoms with E-state index in [2.05, 4.69) is 15.2 Å². The number of methoxy groups -OCH3 is 1. The molecule has 1 aromatic carbocycles. The van der Waals surface area contributed by atoms with Crippen molar-refractivity contribution in [3.05, 3.63) is 34.6 Å². The number of ether oxygens (including phenoxy) is 1. The molecule has 0 spiro atoms. The average molecular weight is 220 g/mol. The van der Waals surface area contributed by atoms with Crippen LogP contribution in [-0.2, 0) is 0 Å². The van der Waals surface area contributed by atoms with Gasteiger partial charge in [0.25, 0.3) is 0 Å². The van der Waals surface area contributed by atoms with Gasteiger partial charge < -0.3 is 4.74 Å². The Morgan fingerprint density at radius 3 is 2.88 bits per heavy atom. The number of para-hydroxylation sites is 1. The Balaban J connectivity index is 2.62. The highest BCUT2D eigenvalue weighted by Crippen LogP contribution is 2.35. The minimum Gasteiger partial charge on any atom is -0.490 e. The summed E-state index contributed by atoms with van der Waals surface area (Å²) in [5, 5.41) is 17.1. The fourth-order valence-corrected chi connectivity index (χ4v) is 1.40. The number of nitrogens with zero attached hydrogens (tertiary/aromatic N) is 3. The standard InChI is InChI=1S/C9H8N4O3/c1-16-8-6(9-10-5-11-12-9)3-2-4-7(8)13(14)15/h2-5H,1H3,(H,10,11,12). The Hall–Kier alpha value is -2.44. The summed E-state index contributed by atoms with van der Waals surface area (Å²) < 4.78 is 5.03. The van der Waals surface area contributed by atoms with Crippen LogP contribution in [0.3, 0.4) is 0 Å². The Morgan fingerprint density at radius 1 is 1.50 bits per heavy atom. The summed E-state index contributed by atoms with van der Waals surface area (Å²) in [7, 11) is 1.38. The maximum atomic E-state index is 10.8. The number of aromatic nitrogens is 3. The van der Waals surface area contributed by atoms with Gasteiger partial charge in [0.15, 0.2) is 5.82 Å². The maximum absolute atomic E-state index is 10.8. The first-order valence-corrected chi connectivity index (χ1v) is 4.41. The third kappa shape index (κ3) is 1.58. The first-order valence-electron chi connectivity index (χ1n) is 4.41. The highest BCUT2D eigenvalue weighted by atomic mass is 16.6. The molecule has 1 aromatic heterocycles. The molecule has 0 saturated heterocycles. The van der Waals surface area contributed by atoms with Crippen molar-refractivity contribution >= 4 is 5.69 Å². The van der Waals surface area contributed by atoms with Crippen molar-refractivity contribution in [2.24, 2.45) is 0 Å². The number of hydrogen-bond donors (Lipinski definition) is 1. The Labute approximate surface area is 90.2 Å². The molecule has 0 aliphatic heterocycles. The molecule has 0 amide bonds. The minimum absolute atomic E-state index is 0.101. The van der Waals surface area contributed by atoms with Crippen LogP contribution in [0.25, 0.3) is 11.4 Å². The van der Waals surface area contributed by atoms with Crippen LogP contribution in [-0.4, -0.2) is 27.2 Å². The van der Waals surface area contributed by atoms with E-state index in [1.165, 1.54) is 19.5 Å². The molecule has 82 valence electrons. The molecular formula is C9H8N4O3. The molecule has 0 bridgehead atoms. The fraction of sp³-hybridized carbons (Fsp3) is 0.111. The molecule has 7 heteroatoms. The number of benzene rings is 1. The Morgan fingerprint density at radius 2 is 2.31 bits per heavy atom. The van der Waals surface area contributed by atoms with Gasteiger partial charge in [-0.05, 0) is 6.07 Å². The van der Waals surface area contributed by atoms with E-state index in [1.54, 1.807) is 12.1 Å². The molecule has 7 nitrogen and oxygen atoms in total. The lowest BCUT2D eigenvalue weighted by Gasteiger charge is -2.05. The monoisotopic (exact) mass is 220 g/mol. The number of nitro benzene ring substituents is 1. The zero-order chi connectivity index (χ0) is 11.5. The molecule has 0 radical (unpaired) electrons. The zero-order valence-electron chi connectivity index (χ0n) is 8.38. The summed E-state index contributed by atoms with van der Waals surface area (Å²) in [4.78, 5) is 14.2. The van der Waals surface area contributed by atoms with Crippen molar-refractivity contribution in [3.8, 4) is 17.1 Å². The third-order valence-electron chi connectivity index (χ3n) is 2.07. The minimum atomic E-state index is -0.501. The molecule has 0 saturated carbocycles. The van der Waals surface area contributed by atoms with E-state index in [9.17, 15) is 10.1 Å². The van der Waals surface area contributed by atoms with Crippen LogP contribution in [0.15, 0.2) is 24.5 Å². The lowest BCUT2D eigenvalue weighted by atomic mass is 10.1. The van der Waals surface area contributed by atoms with Crippen molar-refractivity contribution in [1.29, 1.82) is 0 Å². The van der Waals surface area contributed by atoms with Gasteiger partial charge in [0.05, 0.1) is 17.6 Å². The number of H-pyrrole nitrogens is 1. The van der Waals surface area contributed by atoms with Crippen LogP contribution < -0.4 is 4.74 Å². The van der Waals surface area contributed by atoms with Gasteiger partial charge in [-0.25, -0.2) is 4.98 Å². The molecule has 1 N–H and O–H groups in total. The van der Waals surface area contributed by atoms with Crippen molar-refractivity contribution in [1.82, 2.24) is 15.2 Å². The molecule has 0 aliphatic carbocycles. The lowest BCUT2D eigenvalue weighted by Crippen LogP contribution is -1.96. The molecule has 16 heavy (non-hydrogen) atoms. The van der Waals surface area contributed by atoms with Crippen LogP contribution in [0.1, 0.15) is 0 Å². The Kier molecular flexibility index (Phi) is 2.50. The van der Waals surface area contributed by atoms with E-state index >= 15 is 0 Å². The van der Waals surface area contributed by atoms with Crippen molar-refractivity contribution in [2.45, 2.75) is 0 Å². The van der Waals surface area contributed by atoms with Crippen LogP contribution in [0, 0.1) is 10.1 Å². The predicted molar refractivity (Wildman–Crippen MR) is 55.0 cm³/mol. The molecular weight excluding hydrogens is 212 g/mol. The fourth-order valence-electron chi connectivity index (χ4n) is 1.40. The zero-order valence-corrected chi connectivity index (χ0v) is 8.38. The van der Waals surface area contributed by atoms with Gasteiger partial charge in [-0.3, -0.25) is 15.2 Å². The number of rotatable bonds is 3. The smallest absolute Gasteiger partial charge is 0.311 e. The Bertz CT molecular complexity index is 509. The summed E-state index contributed by atoms with van der Waals surface area (Å²) in [6.45, 7) is 0. The van der Waals surface area contributed by atoms with E-state index in [0.717, 1.165) is 0 Å². The van der Waals surface area contributed by atoms with E-state index in [0.29, 0.717) is 11.4 Å². The first kappa shape index (κ1) is 10.1. The van der Waals surface area contributed by atoms with Gasteiger partial charge in [0.1, 0.15) is 6.33 Å². The molecule has 0 atom stereocenters. The molecule has 0 unspecified atom stereocenters.